The number of rotatable bonds is 5. The highest BCUT2D eigenvalue weighted by Gasteiger charge is 2.14. The van der Waals surface area contributed by atoms with Gasteiger partial charge >= 0.3 is 0 Å². The van der Waals surface area contributed by atoms with Crippen LogP contribution in [0.25, 0.3) is 0 Å². The molecule has 4 heteroatoms. The van der Waals surface area contributed by atoms with Gasteiger partial charge in [0.15, 0.2) is 0 Å². The van der Waals surface area contributed by atoms with E-state index in [1.165, 1.54) is 12.1 Å². The van der Waals surface area contributed by atoms with E-state index in [4.69, 9.17) is 5.11 Å². The van der Waals surface area contributed by atoms with Gasteiger partial charge in [0.05, 0.1) is 5.56 Å². The standard InChI is InChI=1S/C14H20FNO2/c1-9(2)4-5-10(3)16-14(18)12-7-6-11(17)8-13(12)15/h6-10,17H,4-5H2,1-3H3,(H,16,18). The second-order valence-corrected chi connectivity index (χ2v) is 5.01. The first kappa shape index (κ1) is 14.5. The molecule has 0 aliphatic rings. The number of nitrogens with one attached hydrogen (secondary N) is 1. The molecule has 1 unspecified atom stereocenters. The summed E-state index contributed by atoms with van der Waals surface area (Å²) < 4.78 is 13.4. The molecule has 0 aromatic heterocycles. The molecule has 3 nitrogen and oxygen atoms in total. The van der Waals surface area contributed by atoms with Crippen LogP contribution in [-0.4, -0.2) is 17.1 Å². The summed E-state index contributed by atoms with van der Waals surface area (Å²) >= 11 is 0. The SMILES string of the molecule is CC(C)CCC(C)NC(=O)c1ccc(O)cc1F. The Hall–Kier alpha value is -1.58. The monoisotopic (exact) mass is 253 g/mol. The fourth-order valence-corrected chi connectivity index (χ4v) is 1.65. The van der Waals surface area contributed by atoms with Crippen molar-refractivity contribution in [2.75, 3.05) is 0 Å². The minimum atomic E-state index is -0.705. The summed E-state index contributed by atoms with van der Waals surface area (Å²) in [6, 6.07) is 3.53. The van der Waals surface area contributed by atoms with E-state index in [1.54, 1.807) is 0 Å². The normalized spacial score (nSPS) is 12.5. The zero-order valence-electron chi connectivity index (χ0n) is 11.0. The lowest BCUT2D eigenvalue weighted by Crippen LogP contribution is -2.33. The van der Waals surface area contributed by atoms with Crippen LogP contribution in [0.2, 0.25) is 0 Å². The Labute approximate surface area is 107 Å². The number of aromatic hydroxyl groups is 1. The minimum Gasteiger partial charge on any atom is -0.508 e. The van der Waals surface area contributed by atoms with Crippen LogP contribution in [0.4, 0.5) is 4.39 Å². The number of hydrogen-bond donors (Lipinski definition) is 2. The first-order chi connectivity index (χ1) is 8.40. The predicted octanol–water partition coefficient (Wildman–Crippen LogP) is 3.09. The van der Waals surface area contributed by atoms with E-state index in [9.17, 15) is 9.18 Å². The van der Waals surface area contributed by atoms with Gasteiger partial charge < -0.3 is 10.4 Å². The fourth-order valence-electron chi connectivity index (χ4n) is 1.65. The Bertz CT molecular complexity index is 418. The average Bonchev–Trinajstić information content (AvgIpc) is 2.26. The minimum absolute atomic E-state index is 0.00750. The molecule has 1 aromatic rings. The smallest absolute Gasteiger partial charge is 0.254 e. The molecule has 2 N–H and O–H groups in total. The lowest BCUT2D eigenvalue weighted by Gasteiger charge is -2.15. The first-order valence-electron chi connectivity index (χ1n) is 6.19. The maximum absolute atomic E-state index is 13.4. The van der Waals surface area contributed by atoms with Gasteiger partial charge in [-0.2, -0.15) is 0 Å². The molecule has 1 rings (SSSR count). The molecule has 0 radical (unpaired) electrons. The fraction of sp³-hybridized carbons (Fsp3) is 0.500. The molecule has 100 valence electrons. The van der Waals surface area contributed by atoms with Crippen LogP contribution in [0, 0.1) is 11.7 Å². The third-order valence-corrected chi connectivity index (χ3v) is 2.75. The van der Waals surface area contributed by atoms with Gasteiger partial charge in [-0.15, -0.1) is 0 Å². The number of benzene rings is 1. The van der Waals surface area contributed by atoms with Gasteiger partial charge in [-0.3, -0.25) is 4.79 Å². The topological polar surface area (TPSA) is 49.3 Å². The lowest BCUT2D eigenvalue weighted by molar-refractivity contribution is 0.0933. The van der Waals surface area contributed by atoms with E-state index >= 15 is 0 Å². The van der Waals surface area contributed by atoms with Crippen LogP contribution in [0.1, 0.15) is 44.0 Å². The number of halogens is 1. The second-order valence-electron chi connectivity index (χ2n) is 5.01. The maximum Gasteiger partial charge on any atom is 0.254 e. The van der Waals surface area contributed by atoms with Gasteiger partial charge in [-0.05, 0) is 37.8 Å². The van der Waals surface area contributed by atoms with E-state index in [0.717, 1.165) is 18.9 Å². The van der Waals surface area contributed by atoms with Crippen molar-refractivity contribution in [1.29, 1.82) is 0 Å². The van der Waals surface area contributed by atoms with Gasteiger partial charge in [0, 0.05) is 12.1 Å². The number of carbonyl (C=O) groups excluding carboxylic acids is 1. The third-order valence-electron chi connectivity index (χ3n) is 2.75. The van der Waals surface area contributed by atoms with Gasteiger partial charge in [-0.1, -0.05) is 13.8 Å². The number of amides is 1. The van der Waals surface area contributed by atoms with Crippen molar-refractivity contribution in [3.8, 4) is 5.75 Å². The highest BCUT2D eigenvalue weighted by Crippen LogP contribution is 2.15. The summed E-state index contributed by atoms with van der Waals surface area (Å²) in [5, 5.41) is 11.8. The molecule has 0 aliphatic heterocycles. The summed E-state index contributed by atoms with van der Waals surface area (Å²) in [4.78, 5) is 11.8. The highest BCUT2D eigenvalue weighted by atomic mass is 19.1. The van der Waals surface area contributed by atoms with Crippen molar-refractivity contribution < 1.29 is 14.3 Å². The molecule has 0 aliphatic carbocycles. The molecule has 0 saturated carbocycles. The van der Waals surface area contributed by atoms with Crippen LogP contribution in [0.15, 0.2) is 18.2 Å². The van der Waals surface area contributed by atoms with Gasteiger partial charge in [0.25, 0.3) is 5.91 Å². The average molecular weight is 253 g/mol. The van der Waals surface area contributed by atoms with Crippen LogP contribution in [0.3, 0.4) is 0 Å². The molecule has 1 aromatic carbocycles. The summed E-state index contributed by atoms with van der Waals surface area (Å²) in [7, 11) is 0. The third kappa shape index (κ3) is 4.35. The molecular formula is C14H20FNO2. The molecular weight excluding hydrogens is 233 g/mol. The molecule has 0 fully saturated rings. The first-order valence-corrected chi connectivity index (χ1v) is 6.19. The van der Waals surface area contributed by atoms with Crippen molar-refractivity contribution >= 4 is 5.91 Å². The molecule has 0 heterocycles. The Morgan fingerprint density at radius 1 is 1.33 bits per heavy atom. The quantitative estimate of drug-likeness (QED) is 0.847. The van der Waals surface area contributed by atoms with Crippen molar-refractivity contribution in [2.45, 2.75) is 39.7 Å². The summed E-state index contributed by atoms with van der Waals surface area (Å²) in [5.41, 5.74) is -0.0378. The Morgan fingerprint density at radius 3 is 2.56 bits per heavy atom. The largest absolute Gasteiger partial charge is 0.508 e. The zero-order chi connectivity index (χ0) is 13.7. The number of carbonyl (C=O) groups is 1. The van der Waals surface area contributed by atoms with Crippen molar-refractivity contribution in [1.82, 2.24) is 5.32 Å². The van der Waals surface area contributed by atoms with E-state index in [1.807, 2.05) is 6.92 Å². The Morgan fingerprint density at radius 2 is 2.00 bits per heavy atom. The molecule has 1 atom stereocenters. The van der Waals surface area contributed by atoms with Crippen molar-refractivity contribution in [3.63, 3.8) is 0 Å². The predicted molar refractivity (Wildman–Crippen MR) is 69.1 cm³/mol. The lowest BCUT2D eigenvalue weighted by atomic mass is 10.0. The molecule has 0 bridgehead atoms. The van der Waals surface area contributed by atoms with Gasteiger partial charge in [0.2, 0.25) is 0 Å². The maximum atomic E-state index is 13.4. The van der Waals surface area contributed by atoms with Crippen molar-refractivity contribution in [2.24, 2.45) is 5.92 Å². The van der Waals surface area contributed by atoms with Crippen LogP contribution >= 0.6 is 0 Å². The molecule has 0 saturated heterocycles. The van der Waals surface area contributed by atoms with E-state index < -0.39 is 11.7 Å². The van der Waals surface area contributed by atoms with Crippen LogP contribution in [0.5, 0.6) is 5.75 Å². The van der Waals surface area contributed by atoms with Gasteiger partial charge in [0.1, 0.15) is 11.6 Å². The summed E-state index contributed by atoms with van der Waals surface area (Å²) in [6.45, 7) is 6.14. The highest BCUT2D eigenvalue weighted by molar-refractivity contribution is 5.94. The molecule has 1 amide bonds. The number of phenolic OH excluding ortho intramolecular Hbond substituents is 1. The Balaban J connectivity index is 2.59. The molecule has 0 spiro atoms. The zero-order valence-corrected chi connectivity index (χ0v) is 11.0. The van der Waals surface area contributed by atoms with Crippen molar-refractivity contribution in [3.05, 3.63) is 29.6 Å². The summed E-state index contributed by atoms with van der Waals surface area (Å²) in [5.74, 6) is -0.751. The van der Waals surface area contributed by atoms with E-state index in [0.29, 0.717) is 5.92 Å². The van der Waals surface area contributed by atoms with Gasteiger partial charge in [-0.25, -0.2) is 4.39 Å². The molecule has 18 heavy (non-hydrogen) atoms. The van der Waals surface area contributed by atoms with E-state index in [2.05, 4.69) is 19.2 Å². The number of hydrogen-bond acceptors (Lipinski definition) is 2. The summed E-state index contributed by atoms with van der Waals surface area (Å²) in [6.07, 6.45) is 1.88. The van der Waals surface area contributed by atoms with E-state index in [-0.39, 0.29) is 17.4 Å². The number of phenols is 1. The second kappa shape index (κ2) is 6.38. The van der Waals surface area contributed by atoms with Crippen LogP contribution < -0.4 is 5.32 Å². The van der Waals surface area contributed by atoms with Crippen LogP contribution in [-0.2, 0) is 0 Å². The Kier molecular flexibility index (Phi) is 5.13.